The molecule has 3 aromatic rings. The van der Waals surface area contributed by atoms with Crippen LogP contribution in [0, 0.1) is 6.92 Å². The summed E-state index contributed by atoms with van der Waals surface area (Å²) in [5.41, 5.74) is 3.51. The molecule has 0 spiro atoms. The zero-order chi connectivity index (χ0) is 22.9. The lowest BCUT2D eigenvalue weighted by Crippen LogP contribution is -2.35. The van der Waals surface area contributed by atoms with Crippen molar-refractivity contribution in [1.82, 2.24) is 0 Å². The minimum absolute atomic E-state index is 0.242. The molecule has 0 saturated heterocycles. The normalized spacial score (nSPS) is 15.3. The van der Waals surface area contributed by atoms with E-state index >= 15 is 0 Å². The van der Waals surface area contributed by atoms with Crippen LogP contribution < -0.4 is 14.4 Å². The second-order valence-corrected chi connectivity index (χ2v) is 9.71. The van der Waals surface area contributed by atoms with E-state index in [0.29, 0.717) is 35.7 Å². The molecule has 1 N–H and O–H groups in total. The summed E-state index contributed by atoms with van der Waals surface area (Å²) in [6, 6.07) is 19.0. The maximum absolute atomic E-state index is 13.3. The number of hydrogen-bond donors (Lipinski definition) is 1. The number of fused-ring (bicyclic) bond motifs is 1. The maximum atomic E-state index is 13.3. The van der Waals surface area contributed by atoms with E-state index in [2.05, 4.69) is 5.32 Å². The van der Waals surface area contributed by atoms with Crippen LogP contribution in [0.1, 0.15) is 35.3 Å². The third-order valence-electron chi connectivity index (χ3n) is 5.51. The second kappa shape index (κ2) is 8.67. The summed E-state index contributed by atoms with van der Waals surface area (Å²) >= 11 is 0. The molecule has 32 heavy (non-hydrogen) atoms. The summed E-state index contributed by atoms with van der Waals surface area (Å²) in [6.45, 7) is 6.18. The highest BCUT2D eigenvalue weighted by Gasteiger charge is 2.36. The summed E-state index contributed by atoms with van der Waals surface area (Å²) < 4.78 is 33.7. The Balaban J connectivity index is 1.62. The number of anilines is 2. The van der Waals surface area contributed by atoms with Crippen LogP contribution in [-0.2, 0) is 16.4 Å². The molecule has 0 aliphatic carbocycles. The molecule has 166 valence electrons. The molecule has 1 amide bonds. The van der Waals surface area contributed by atoms with Crippen molar-refractivity contribution in [2.75, 3.05) is 16.2 Å². The molecule has 0 radical (unpaired) electrons. The van der Waals surface area contributed by atoms with Crippen molar-refractivity contribution >= 4 is 27.3 Å². The van der Waals surface area contributed by atoms with E-state index in [0.717, 1.165) is 11.1 Å². The van der Waals surface area contributed by atoms with E-state index < -0.39 is 10.0 Å². The fraction of sp³-hybridized carbons (Fsp3) is 0.240. The van der Waals surface area contributed by atoms with Gasteiger partial charge < -0.3 is 10.1 Å². The van der Waals surface area contributed by atoms with Crippen molar-refractivity contribution in [2.45, 2.75) is 38.1 Å². The number of benzene rings is 3. The first kappa shape index (κ1) is 21.9. The number of para-hydroxylation sites is 2. The Morgan fingerprint density at radius 3 is 2.53 bits per heavy atom. The molecule has 1 atom stereocenters. The molecule has 3 aromatic carbocycles. The number of hydrogen-bond acceptors (Lipinski definition) is 4. The lowest BCUT2D eigenvalue weighted by Gasteiger charge is -2.24. The molecule has 1 heterocycles. The summed E-state index contributed by atoms with van der Waals surface area (Å²) in [6.07, 6.45) is 0.539. The minimum Gasteiger partial charge on any atom is -0.492 e. The number of nitrogens with zero attached hydrogens (tertiary/aromatic N) is 1. The van der Waals surface area contributed by atoms with E-state index in [1.165, 1.54) is 4.31 Å². The first-order chi connectivity index (χ1) is 15.3. The third-order valence-corrected chi connectivity index (χ3v) is 7.45. The Morgan fingerprint density at radius 1 is 1.09 bits per heavy atom. The van der Waals surface area contributed by atoms with Crippen LogP contribution >= 0.6 is 0 Å². The van der Waals surface area contributed by atoms with Gasteiger partial charge in [-0.25, -0.2) is 8.42 Å². The summed E-state index contributed by atoms with van der Waals surface area (Å²) in [4.78, 5) is 13.1. The van der Waals surface area contributed by atoms with Crippen molar-refractivity contribution in [3.05, 3.63) is 83.4 Å². The molecule has 1 aliphatic rings. The SMILES string of the molecule is CCOc1ccccc1NC(=O)c1ccc2c(c1)C[C@H](C)N2S(=O)(=O)c1ccc(C)cc1. The number of ether oxygens (including phenoxy) is 1. The number of amides is 1. The molecule has 0 saturated carbocycles. The monoisotopic (exact) mass is 450 g/mol. The van der Waals surface area contributed by atoms with Crippen LogP contribution in [0.25, 0.3) is 0 Å². The Morgan fingerprint density at radius 2 is 1.81 bits per heavy atom. The van der Waals surface area contributed by atoms with Gasteiger partial charge in [0.05, 0.1) is 22.9 Å². The van der Waals surface area contributed by atoms with Crippen LogP contribution in [0.2, 0.25) is 0 Å². The first-order valence-corrected chi connectivity index (χ1v) is 12.0. The highest BCUT2D eigenvalue weighted by Crippen LogP contribution is 2.37. The highest BCUT2D eigenvalue weighted by atomic mass is 32.2. The number of rotatable bonds is 6. The van der Waals surface area contributed by atoms with Gasteiger partial charge in [0, 0.05) is 11.6 Å². The van der Waals surface area contributed by atoms with Crippen molar-refractivity contribution in [3.8, 4) is 5.75 Å². The smallest absolute Gasteiger partial charge is 0.264 e. The standard InChI is InChI=1S/C25H26N2O4S/c1-4-31-24-8-6-5-7-22(24)26-25(28)19-11-14-23-20(16-19)15-18(3)27(23)32(29,30)21-12-9-17(2)10-13-21/h5-14,16,18H,4,15H2,1-3H3,(H,26,28)/t18-/m0/s1. The lowest BCUT2D eigenvalue weighted by atomic mass is 10.1. The van der Waals surface area contributed by atoms with Gasteiger partial charge in [-0.2, -0.15) is 0 Å². The molecule has 6 nitrogen and oxygen atoms in total. The molecule has 0 unspecified atom stereocenters. The number of carbonyl (C=O) groups excluding carboxylic acids is 1. The minimum atomic E-state index is -3.70. The molecular formula is C25H26N2O4S. The van der Waals surface area contributed by atoms with E-state index in [4.69, 9.17) is 4.74 Å². The Bertz CT molecular complexity index is 1250. The number of nitrogens with one attached hydrogen (secondary N) is 1. The molecular weight excluding hydrogens is 424 g/mol. The largest absolute Gasteiger partial charge is 0.492 e. The van der Waals surface area contributed by atoms with Gasteiger partial charge in [-0.1, -0.05) is 29.8 Å². The lowest BCUT2D eigenvalue weighted by molar-refractivity contribution is 0.102. The van der Waals surface area contributed by atoms with Crippen LogP contribution in [0.4, 0.5) is 11.4 Å². The van der Waals surface area contributed by atoms with Gasteiger partial charge in [0.1, 0.15) is 5.75 Å². The molecule has 1 aliphatic heterocycles. The van der Waals surface area contributed by atoms with Crippen LogP contribution in [0.3, 0.4) is 0 Å². The van der Waals surface area contributed by atoms with Crippen molar-refractivity contribution in [3.63, 3.8) is 0 Å². The predicted octanol–water partition coefficient (Wildman–Crippen LogP) is 4.79. The van der Waals surface area contributed by atoms with E-state index in [1.807, 2.05) is 32.9 Å². The Hall–Kier alpha value is -3.32. The van der Waals surface area contributed by atoms with Gasteiger partial charge in [-0.15, -0.1) is 0 Å². The third kappa shape index (κ3) is 4.08. The molecule has 0 fully saturated rings. The zero-order valence-corrected chi connectivity index (χ0v) is 19.1. The molecule has 0 bridgehead atoms. The maximum Gasteiger partial charge on any atom is 0.264 e. The van der Waals surface area contributed by atoms with Crippen LogP contribution in [0.5, 0.6) is 5.75 Å². The van der Waals surface area contributed by atoms with Gasteiger partial charge in [0.25, 0.3) is 15.9 Å². The summed E-state index contributed by atoms with van der Waals surface area (Å²) in [7, 11) is -3.70. The average molecular weight is 451 g/mol. The van der Waals surface area contributed by atoms with Gasteiger partial charge in [0.2, 0.25) is 0 Å². The fourth-order valence-corrected chi connectivity index (χ4v) is 5.67. The molecule has 4 rings (SSSR count). The Labute approximate surface area is 188 Å². The second-order valence-electron chi connectivity index (χ2n) is 7.89. The van der Waals surface area contributed by atoms with Crippen LogP contribution in [0.15, 0.2) is 71.6 Å². The molecule has 7 heteroatoms. The van der Waals surface area contributed by atoms with Gasteiger partial charge >= 0.3 is 0 Å². The fourth-order valence-electron chi connectivity index (χ4n) is 3.98. The van der Waals surface area contributed by atoms with Crippen molar-refractivity contribution in [1.29, 1.82) is 0 Å². The average Bonchev–Trinajstić information content (AvgIpc) is 3.11. The summed E-state index contributed by atoms with van der Waals surface area (Å²) in [5, 5.41) is 2.89. The van der Waals surface area contributed by atoms with Gasteiger partial charge in [-0.3, -0.25) is 9.10 Å². The highest BCUT2D eigenvalue weighted by molar-refractivity contribution is 7.92. The topological polar surface area (TPSA) is 75.7 Å². The van der Waals surface area contributed by atoms with E-state index in [9.17, 15) is 13.2 Å². The van der Waals surface area contributed by atoms with Gasteiger partial charge in [-0.05, 0) is 75.2 Å². The van der Waals surface area contributed by atoms with Crippen molar-refractivity contribution < 1.29 is 17.9 Å². The van der Waals surface area contributed by atoms with Gasteiger partial charge in [0.15, 0.2) is 0 Å². The Kier molecular flexibility index (Phi) is 5.93. The number of carbonyl (C=O) groups is 1. The van der Waals surface area contributed by atoms with Crippen molar-refractivity contribution in [2.24, 2.45) is 0 Å². The quantitative estimate of drug-likeness (QED) is 0.586. The first-order valence-electron chi connectivity index (χ1n) is 10.6. The number of aryl methyl sites for hydroxylation is 1. The van der Waals surface area contributed by atoms with E-state index in [1.54, 1.807) is 54.6 Å². The predicted molar refractivity (Wildman–Crippen MR) is 126 cm³/mol. The number of sulfonamides is 1. The zero-order valence-electron chi connectivity index (χ0n) is 18.3. The molecule has 0 aromatic heterocycles. The van der Waals surface area contributed by atoms with Crippen LogP contribution in [-0.4, -0.2) is 27.0 Å². The summed E-state index contributed by atoms with van der Waals surface area (Å²) in [5.74, 6) is 0.334. The van der Waals surface area contributed by atoms with E-state index in [-0.39, 0.29) is 16.8 Å².